The Labute approximate surface area is 145 Å². The Morgan fingerprint density at radius 3 is 2.68 bits per heavy atom. The molecule has 0 aromatic heterocycles. The molecule has 7 nitrogen and oxygen atoms in total. The molecule has 0 saturated carbocycles. The Bertz CT molecular complexity index is 997. The lowest BCUT2D eigenvalue weighted by molar-refractivity contribution is -0.110. The fraction of sp³-hybridized carbons (Fsp3) is 0.118. The number of hydrogen-bond acceptors (Lipinski definition) is 5. The summed E-state index contributed by atoms with van der Waals surface area (Å²) in [5.41, 5.74) is 3.45. The van der Waals surface area contributed by atoms with Gasteiger partial charge in [-0.3, -0.25) is 4.79 Å². The van der Waals surface area contributed by atoms with E-state index in [2.05, 4.69) is 10.6 Å². The lowest BCUT2D eigenvalue weighted by Gasteiger charge is -2.08. The van der Waals surface area contributed by atoms with Gasteiger partial charge >= 0.3 is 0 Å². The molecule has 2 aromatic carbocycles. The smallest absolute Gasteiger partial charge is 0.257 e. The SMILES string of the molecule is Cc1cc(NC=C2C(=O)Nc3cccc(CO)c32)ccc1S(N)(=O)=O. The number of anilines is 2. The third kappa shape index (κ3) is 3.27. The first kappa shape index (κ1) is 17.2. The molecule has 130 valence electrons. The van der Waals surface area contributed by atoms with E-state index in [9.17, 15) is 18.3 Å². The van der Waals surface area contributed by atoms with Gasteiger partial charge in [-0.1, -0.05) is 12.1 Å². The highest BCUT2D eigenvalue weighted by atomic mass is 32.2. The number of fused-ring (bicyclic) bond motifs is 1. The van der Waals surface area contributed by atoms with Crippen LogP contribution < -0.4 is 15.8 Å². The van der Waals surface area contributed by atoms with Crippen LogP contribution in [0.2, 0.25) is 0 Å². The van der Waals surface area contributed by atoms with Crippen LogP contribution in [0.15, 0.2) is 47.5 Å². The number of hydrogen-bond donors (Lipinski definition) is 4. The first-order valence-corrected chi connectivity index (χ1v) is 9.00. The maximum atomic E-state index is 12.2. The van der Waals surface area contributed by atoms with Crippen LogP contribution in [-0.4, -0.2) is 19.4 Å². The van der Waals surface area contributed by atoms with Gasteiger partial charge in [0.15, 0.2) is 0 Å². The van der Waals surface area contributed by atoms with Crippen LogP contribution in [0.1, 0.15) is 16.7 Å². The van der Waals surface area contributed by atoms with E-state index in [1.807, 2.05) is 0 Å². The van der Waals surface area contributed by atoms with Crippen LogP contribution >= 0.6 is 0 Å². The zero-order valence-electron chi connectivity index (χ0n) is 13.4. The molecule has 5 N–H and O–H groups in total. The minimum Gasteiger partial charge on any atom is -0.392 e. The summed E-state index contributed by atoms with van der Waals surface area (Å²) in [6, 6.07) is 9.87. The van der Waals surface area contributed by atoms with Gasteiger partial charge < -0.3 is 15.7 Å². The predicted molar refractivity (Wildman–Crippen MR) is 95.1 cm³/mol. The molecule has 0 fully saturated rings. The van der Waals surface area contributed by atoms with Gasteiger partial charge in [-0.25, -0.2) is 13.6 Å². The fourth-order valence-corrected chi connectivity index (χ4v) is 3.57. The molecule has 0 atom stereocenters. The number of benzene rings is 2. The molecular weight excluding hydrogens is 342 g/mol. The van der Waals surface area contributed by atoms with Gasteiger partial charge in [-0.05, 0) is 42.3 Å². The average molecular weight is 359 g/mol. The number of carbonyl (C=O) groups excluding carboxylic acids is 1. The number of amides is 1. The van der Waals surface area contributed by atoms with Crippen LogP contribution in [0.5, 0.6) is 0 Å². The van der Waals surface area contributed by atoms with Crippen LogP contribution in [0.4, 0.5) is 11.4 Å². The summed E-state index contributed by atoms with van der Waals surface area (Å²) in [6.45, 7) is 1.46. The Hall–Kier alpha value is -2.68. The Kier molecular flexibility index (Phi) is 4.34. The molecule has 1 amide bonds. The van der Waals surface area contributed by atoms with E-state index in [-0.39, 0.29) is 17.4 Å². The number of sulfonamides is 1. The van der Waals surface area contributed by atoms with Crippen LogP contribution in [-0.2, 0) is 21.4 Å². The predicted octanol–water partition coefficient (Wildman–Crippen LogP) is 1.54. The van der Waals surface area contributed by atoms with Crippen molar-refractivity contribution in [2.45, 2.75) is 18.4 Å². The van der Waals surface area contributed by atoms with Gasteiger partial charge in [0, 0.05) is 23.1 Å². The molecule has 0 unspecified atom stereocenters. The molecule has 2 aromatic rings. The minimum atomic E-state index is -3.77. The maximum absolute atomic E-state index is 12.2. The molecule has 0 radical (unpaired) electrons. The van der Waals surface area contributed by atoms with Crippen molar-refractivity contribution in [3.8, 4) is 0 Å². The van der Waals surface area contributed by atoms with E-state index in [0.717, 1.165) is 0 Å². The average Bonchev–Trinajstić information content (AvgIpc) is 2.87. The number of aryl methyl sites for hydroxylation is 1. The van der Waals surface area contributed by atoms with E-state index in [0.29, 0.717) is 33.6 Å². The molecular formula is C17H17N3O4S. The summed E-state index contributed by atoms with van der Waals surface area (Å²) in [4.78, 5) is 12.2. The standard InChI is InChI=1S/C17H17N3O4S/c1-10-7-12(5-6-15(10)25(18,23)24)19-8-13-16-11(9-21)3-2-4-14(16)20-17(13)22/h2-8,19,21H,9H2,1H3,(H,20,22)(H2,18,23,24). The number of aliphatic hydroxyl groups is 1. The van der Waals surface area contributed by atoms with Crippen molar-refractivity contribution < 1.29 is 18.3 Å². The lowest BCUT2D eigenvalue weighted by atomic mass is 10.0. The summed E-state index contributed by atoms with van der Waals surface area (Å²) < 4.78 is 22.9. The zero-order valence-corrected chi connectivity index (χ0v) is 14.2. The first-order chi connectivity index (χ1) is 11.8. The summed E-state index contributed by atoms with van der Waals surface area (Å²) in [6.07, 6.45) is 1.53. The second-order valence-electron chi connectivity index (χ2n) is 5.68. The van der Waals surface area contributed by atoms with Crippen molar-refractivity contribution in [1.29, 1.82) is 0 Å². The fourth-order valence-electron chi connectivity index (χ4n) is 2.81. The summed E-state index contributed by atoms with van der Waals surface area (Å²) in [5, 5.41) is 20.4. The second-order valence-corrected chi connectivity index (χ2v) is 7.21. The minimum absolute atomic E-state index is 0.0530. The topological polar surface area (TPSA) is 122 Å². The van der Waals surface area contributed by atoms with Gasteiger partial charge in [0.05, 0.1) is 17.1 Å². The van der Waals surface area contributed by atoms with E-state index in [1.165, 1.54) is 12.3 Å². The third-order valence-electron chi connectivity index (χ3n) is 3.95. The quantitative estimate of drug-likeness (QED) is 0.617. The van der Waals surface area contributed by atoms with Crippen molar-refractivity contribution in [1.82, 2.24) is 0 Å². The summed E-state index contributed by atoms with van der Waals surface area (Å²) in [7, 11) is -3.77. The molecule has 0 saturated heterocycles. The Morgan fingerprint density at radius 2 is 2.04 bits per heavy atom. The lowest BCUT2D eigenvalue weighted by Crippen LogP contribution is -2.13. The highest BCUT2D eigenvalue weighted by molar-refractivity contribution is 7.89. The highest BCUT2D eigenvalue weighted by Gasteiger charge is 2.26. The maximum Gasteiger partial charge on any atom is 0.257 e. The number of primary sulfonamides is 1. The number of aliphatic hydroxyl groups excluding tert-OH is 1. The number of rotatable bonds is 4. The summed E-state index contributed by atoms with van der Waals surface area (Å²) in [5.74, 6) is -0.277. The van der Waals surface area contributed by atoms with Crippen molar-refractivity contribution in [3.05, 3.63) is 59.3 Å². The van der Waals surface area contributed by atoms with E-state index in [4.69, 9.17) is 5.14 Å². The first-order valence-electron chi connectivity index (χ1n) is 7.46. The third-order valence-corrected chi connectivity index (χ3v) is 5.02. The van der Waals surface area contributed by atoms with Gasteiger partial charge in [0.25, 0.3) is 5.91 Å². The van der Waals surface area contributed by atoms with E-state index in [1.54, 1.807) is 37.3 Å². The molecule has 0 aliphatic carbocycles. The van der Waals surface area contributed by atoms with Crippen LogP contribution in [0.25, 0.3) is 5.57 Å². The molecule has 8 heteroatoms. The molecule has 1 aliphatic heterocycles. The second kappa shape index (κ2) is 6.32. The van der Waals surface area contributed by atoms with Crippen molar-refractivity contribution >= 4 is 32.9 Å². The molecule has 3 rings (SSSR count). The van der Waals surface area contributed by atoms with Crippen molar-refractivity contribution in [2.24, 2.45) is 5.14 Å². The highest BCUT2D eigenvalue weighted by Crippen LogP contribution is 2.34. The van der Waals surface area contributed by atoms with Gasteiger partial charge in [-0.15, -0.1) is 0 Å². The summed E-state index contributed by atoms with van der Waals surface area (Å²) >= 11 is 0. The molecule has 1 aliphatic rings. The Balaban J connectivity index is 1.94. The van der Waals surface area contributed by atoms with E-state index >= 15 is 0 Å². The van der Waals surface area contributed by atoms with E-state index < -0.39 is 10.0 Å². The van der Waals surface area contributed by atoms with Crippen LogP contribution in [0.3, 0.4) is 0 Å². The zero-order chi connectivity index (χ0) is 18.2. The van der Waals surface area contributed by atoms with Crippen molar-refractivity contribution in [2.75, 3.05) is 10.6 Å². The number of nitrogens with two attached hydrogens (primary N) is 1. The largest absolute Gasteiger partial charge is 0.392 e. The molecule has 0 spiro atoms. The van der Waals surface area contributed by atoms with Gasteiger partial charge in [0.2, 0.25) is 10.0 Å². The van der Waals surface area contributed by atoms with Gasteiger partial charge in [0.1, 0.15) is 0 Å². The Morgan fingerprint density at radius 1 is 1.28 bits per heavy atom. The van der Waals surface area contributed by atoms with Crippen molar-refractivity contribution in [3.63, 3.8) is 0 Å². The molecule has 25 heavy (non-hydrogen) atoms. The normalized spacial score (nSPS) is 15.2. The molecule has 0 bridgehead atoms. The van der Waals surface area contributed by atoms with Crippen LogP contribution in [0, 0.1) is 6.92 Å². The molecule has 1 heterocycles. The number of carbonyl (C=O) groups is 1. The van der Waals surface area contributed by atoms with Gasteiger partial charge in [-0.2, -0.15) is 0 Å². The number of nitrogens with one attached hydrogen (secondary N) is 2. The monoisotopic (exact) mass is 359 g/mol.